The predicted octanol–water partition coefficient (Wildman–Crippen LogP) is 2.11. The Morgan fingerprint density at radius 2 is 2.10 bits per heavy atom. The highest BCUT2D eigenvalue weighted by Crippen LogP contribution is 2.33. The summed E-state index contributed by atoms with van der Waals surface area (Å²) in [6, 6.07) is 6.61. The number of nitrogens with zero attached hydrogens (tertiary/aromatic N) is 3. The Morgan fingerprint density at radius 3 is 2.85 bits per heavy atom. The van der Waals surface area contributed by atoms with E-state index in [1.165, 1.54) is 6.07 Å². The van der Waals surface area contributed by atoms with Crippen LogP contribution in [0.4, 0.5) is 10.3 Å². The molecule has 0 aliphatic heterocycles. The topological polar surface area (TPSA) is 84.4 Å². The van der Waals surface area contributed by atoms with Crippen molar-refractivity contribution in [3.05, 3.63) is 53.1 Å². The van der Waals surface area contributed by atoms with Crippen molar-refractivity contribution in [2.45, 2.75) is 18.8 Å². The number of hydrogen-bond donors (Lipinski definition) is 2. The summed E-state index contributed by atoms with van der Waals surface area (Å²) in [5.41, 5.74) is 8.00. The van der Waals surface area contributed by atoms with Crippen LogP contribution in [-0.2, 0) is 6.42 Å². The molecule has 1 aliphatic carbocycles. The van der Waals surface area contributed by atoms with Crippen molar-refractivity contribution in [2.24, 2.45) is 5.16 Å². The van der Waals surface area contributed by atoms with Crippen molar-refractivity contribution in [1.29, 1.82) is 0 Å². The van der Waals surface area contributed by atoms with E-state index in [1.54, 1.807) is 24.4 Å². The van der Waals surface area contributed by atoms with E-state index in [4.69, 9.17) is 10.9 Å². The number of anilines is 1. The average Bonchev–Trinajstić information content (AvgIpc) is 2.46. The number of nitrogen functional groups attached to an aromatic ring is 1. The number of aromatic nitrogens is 2. The first-order valence-electron chi connectivity index (χ1n) is 6.26. The summed E-state index contributed by atoms with van der Waals surface area (Å²) in [7, 11) is 0. The molecule has 1 heterocycles. The third kappa shape index (κ3) is 2.09. The fourth-order valence-corrected chi connectivity index (χ4v) is 2.60. The molecule has 3 N–H and O–H groups in total. The molecule has 1 aromatic heterocycles. The molecular formula is C14H13FN4O. The van der Waals surface area contributed by atoms with Gasteiger partial charge in [-0.2, -0.15) is 0 Å². The number of benzene rings is 1. The Balaban J connectivity index is 2.05. The van der Waals surface area contributed by atoms with Gasteiger partial charge in [-0.3, -0.25) is 0 Å². The SMILES string of the molecule is Nc1ncc2c(n1)CC(c1ccccc1F)CC2=NO. The molecule has 1 aromatic carbocycles. The van der Waals surface area contributed by atoms with Gasteiger partial charge in [0.15, 0.2) is 0 Å². The van der Waals surface area contributed by atoms with Crippen LogP contribution in [0.3, 0.4) is 0 Å². The molecule has 2 aromatic rings. The lowest BCUT2D eigenvalue weighted by Gasteiger charge is -2.24. The first-order valence-corrected chi connectivity index (χ1v) is 6.26. The second-order valence-corrected chi connectivity index (χ2v) is 4.76. The second-order valence-electron chi connectivity index (χ2n) is 4.76. The van der Waals surface area contributed by atoms with Gasteiger partial charge in [0.25, 0.3) is 0 Å². The van der Waals surface area contributed by atoms with Crippen molar-refractivity contribution in [2.75, 3.05) is 5.73 Å². The predicted molar refractivity (Wildman–Crippen MR) is 72.2 cm³/mol. The number of rotatable bonds is 1. The van der Waals surface area contributed by atoms with Gasteiger partial charge >= 0.3 is 0 Å². The number of halogens is 1. The molecule has 3 rings (SSSR count). The largest absolute Gasteiger partial charge is 0.411 e. The normalized spacial score (nSPS) is 19.9. The van der Waals surface area contributed by atoms with Crippen LogP contribution in [0.25, 0.3) is 0 Å². The highest BCUT2D eigenvalue weighted by molar-refractivity contribution is 6.02. The van der Waals surface area contributed by atoms with Crippen LogP contribution in [0, 0.1) is 5.82 Å². The molecule has 5 nitrogen and oxygen atoms in total. The van der Waals surface area contributed by atoms with E-state index < -0.39 is 0 Å². The molecule has 102 valence electrons. The molecule has 0 radical (unpaired) electrons. The number of fused-ring (bicyclic) bond motifs is 1. The van der Waals surface area contributed by atoms with Gasteiger partial charge in [0.05, 0.1) is 11.4 Å². The van der Waals surface area contributed by atoms with E-state index in [2.05, 4.69) is 15.1 Å². The van der Waals surface area contributed by atoms with Crippen molar-refractivity contribution < 1.29 is 9.60 Å². The molecule has 1 aliphatic rings. The average molecular weight is 272 g/mol. The van der Waals surface area contributed by atoms with Gasteiger partial charge in [-0.05, 0) is 24.0 Å². The molecule has 0 saturated heterocycles. The van der Waals surface area contributed by atoms with Crippen LogP contribution < -0.4 is 5.73 Å². The Kier molecular flexibility index (Phi) is 3.06. The third-order valence-corrected chi connectivity index (χ3v) is 3.54. The van der Waals surface area contributed by atoms with Crippen molar-refractivity contribution in [3.8, 4) is 0 Å². The zero-order chi connectivity index (χ0) is 14.1. The highest BCUT2D eigenvalue weighted by Gasteiger charge is 2.28. The zero-order valence-corrected chi connectivity index (χ0v) is 10.6. The highest BCUT2D eigenvalue weighted by atomic mass is 19.1. The molecule has 0 saturated carbocycles. The monoisotopic (exact) mass is 272 g/mol. The van der Waals surface area contributed by atoms with Gasteiger partial charge in [-0.15, -0.1) is 0 Å². The zero-order valence-electron chi connectivity index (χ0n) is 10.6. The van der Waals surface area contributed by atoms with Gasteiger partial charge in [0, 0.05) is 18.2 Å². The lowest BCUT2D eigenvalue weighted by atomic mass is 9.81. The molecule has 20 heavy (non-hydrogen) atoms. The van der Waals surface area contributed by atoms with Crippen molar-refractivity contribution >= 4 is 11.7 Å². The van der Waals surface area contributed by atoms with E-state index in [1.807, 2.05) is 0 Å². The lowest BCUT2D eigenvalue weighted by Crippen LogP contribution is -2.22. The molecule has 1 unspecified atom stereocenters. The second kappa shape index (κ2) is 4.88. The fourth-order valence-electron chi connectivity index (χ4n) is 2.60. The fraction of sp³-hybridized carbons (Fsp3) is 0.214. The van der Waals surface area contributed by atoms with Crippen molar-refractivity contribution in [1.82, 2.24) is 9.97 Å². The maximum absolute atomic E-state index is 13.9. The van der Waals surface area contributed by atoms with E-state index in [-0.39, 0.29) is 17.7 Å². The van der Waals surface area contributed by atoms with Gasteiger partial charge in [0.2, 0.25) is 5.95 Å². The minimum absolute atomic E-state index is 0.121. The molecular weight excluding hydrogens is 259 g/mol. The van der Waals surface area contributed by atoms with Crippen LogP contribution in [-0.4, -0.2) is 20.9 Å². The molecule has 0 amide bonds. The molecule has 6 heteroatoms. The minimum atomic E-state index is -0.264. The standard InChI is InChI=1S/C14H13FN4O/c15-11-4-2-1-3-9(11)8-5-12-10(13(6-8)19-20)7-17-14(16)18-12/h1-4,7-8,20H,5-6H2,(H2,16,17,18). The maximum atomic E-state index is 13.9. The summed E-state index contributed by atoms with van der Waals surface area (Å²) in [5.74, 6) is -0.223. The first-order chi connectivity index (χ1) is 9.69. The summed E-state index contributed by atoms with van der Waals surface area (Å²) in [6.07, 6.45) is 2.53. The summed E-state index contributed by atoms with van der Waals surface area (Å²) in [4.78, 5) is 8.08. The Bertz CT molecular complexity index is 687. The quantitative estimate of drug-likeness (QED) is 0.615. The molecule has 0 bridgehead atoms. The van der Waals surface area contributed by atoms with Gasteiger partial charge in [-0.25, -0.2) is 14.4 Å². The van der Waals surface area contributed by atoms with Crippen molar-refractivity contribution in [3.63, 3.8) is 0 Å². The van der Waals surface area contributed by atoms with E-state index >= 15 is 0 Å². The lowest BCUT2D eigenvalue weighted by molar-refractivity contribution is 0.316. The number of hydrogen-bond acceptors (Lipinski definition) is 5. The third-order valence-electron chi connectivity index (χ3n) is 3.54. The Labute approximate surface area is 115 Å². The van der Waals surface area contributed by atoms with E-state index in [0.717, 1.165) is 0 Å². The Morgan fingerprint density at radius 1 is 1.30 bits per heavy atom. The summed E-state index contributed by atoms with van der Waals surface area (Å²) in [5, 5.41) is 12.4. The number of oxime groups is 1. The smallest absolute Gasteiger partial charge is 0.220 e. The van der Waals surface area contributed by atoms with Crippen LogP contribution in [0.1, 0.15) is 29.2 Å². The van der Waals surface area contributed by atoms with Gasteiger partial charge in [-0.1, -0.05) is 23.4 Å². The van der Waals surface area contributed by atoms with Crippen LogP contribution >= 0.6 is 0 Å². The number of nitrogens with two attached hydrogens (primary N) is 1. The minimum Gasteiger partial charge on any atom is -0.411 e. The van der Waals surface area contributed by atoms with Gasteiger partial charge in [0.1, 0.15) is 5.82 Å². The molecule has 0 fully saturated rings. The maximum Gasteiger partial charge on any atom is 0.220 e. The van der Waals surface area contributed by atoms with Gasteiger partial charge < -0.3 is 10.9 Å². The summed E-state index contributed by atoms with van der Waals surface area (Å²) in [6.45, 7) is 0. The van der Waals surface area contributed by atoms with Crippen LogP contribution in [0.5, 0.6) is 0 Å². The first kappa shape index (κ1) is 12.5. The summed E-state index contributed by atoms with van der Waals surface area (Å²) >= 11 is 0. The van der Waals surface area contributed by atoms with E-state index in [0.29, 0.717) is 35.4 Å². The molecule has 1 atom stereocenters. The summed E-state index contributed by atoms with van der Waals surface area (Å²) < 4.78 is 13.9. The van der Waals surface area contributed by atoms with E-state index in [9.17, 15) is 4.39 Å². The van der Waals surface area contributed by atoms with Crippen LogP contribution in [0.15, 0.2) is 35.6 Å². The van der Waals surface area contributed by atoms with Crippen LogP contribution in [0.2, 0.25) is 0 Å². The Hall–Kier alpha value is -2.50. The molecule has 0 spiro atoms.